The summed E-state index contributed by atoms with van der Waals surface area (Å²) in [5.41, 5.74) is 1.75. The highest BCUT2D eigenvalue weighted by Crippen LogP contribution is 2.32. The Kier molecular flexibility index (Phi) is 4.50. The average Bonchev–Trinajstić information content (AvgIpc) is 2.91. The van der Waals surface area contributed by atoms with E-state index in [1.165, 1.54) is 0 Å². The van der Waals surface area contributed by atoms with Crippen molar-refractivity contribution in [1.82, 2.24) is 5.16 Å². The van der Waals surface area contributed by atoms with E-state index >= 15 is 0 Å². The summed E-state index contributed by atoms with van der Waals surface area (Å²) in [4.78, 5) is 0.0395. The molecule has 0 saturated heterocycles. The fourth-order valence-corrected chi connectivity index (χ4v) is 3.83. The second kappa shape index (κ2) is 6.60. The first kappa shape index (κ1) is 17.0. The minimum atomic E-state index is -3.84. The van der Waals surface area contributed by atoms with Crippen LogP contribution in [0.1, 0.15) is 17.0 Å². The Morgan fingerprint density at radius 2 is 1.68 bits per heavy atom. The van der Waals surface area contributed by atoms with E-state index in [-0.39, 0.29) is 10.7 Å². The summed E-state index contributed by atoms with van der Waals surface area (Å²) >= 11 is 0. The standard InChI is InChI=1S/C18H18N2O4S/c1-12-8-10-15(11-9-12)23-17-7-5-4-6-16(17)20-25(21,22)18-13(2)19-24-14(18)3/h4-11,20H,1-3H3. The molecule has 2 aromatic carbocycles. The predicted molar refractivity (Wildman–Crippen MR) is 94.5 cm³/mol. The number of para-hydroxylation sites is 2. The van der Waals surface area contributed by atoms with Gasteiger partial charge in [0.2, 0.25) is 0 Å². The largest absolute Gasteiger partial charge is 0.455 e. The maximum Gasteiger partial charge on any atom is 0.267 e. The molecule has 7 heteroatoms. The average molecular weight is 358 g/mol. The van der Waals surface area contributed by atoms with Crippen molar-refractivity contribution in [2.45, 2.75) is 25.7 Å². The van der Waals surface area contributed by atoms with Crippen LogP contribution < -0.4 is 9.46 Å². The summed E-state index contributed by atoms with van der Waals surface area (Å²) in [6.45, 7) is 5.12. The van der Waals surface area contributed by atoms with Crippen molar-refractivity contribution >= 4 is 15.7 Å². The number of ether oxygens (including phenoxy) is 1. The normalized spacial score (nSPS) is 11.3. The molecule has 0 saturated carbocycles. The molecule has 0 bridgehead atoms. The van der Waals surface area contributed by atoms with Gasteiger partial charge in [0.15, 0.2) is 16.4 Å². The SMILES string of the molecule is Cc1ccc(Oc2ccccc2NS(=O)(=O)c2c(C)noc2C)cc1. The first-order valence-corrected chi connectivity index (χ1v) is 9.14. The van der Waals surface area contributed by atoms with Crippen LogP contribution in [0.2, 0.25) is 0 Å². The maximum atomic E-state index is 12.7. The molecule has 3 rings (SSSR count). The van der Waals surface area contributed by atoms with Crippen molar-refractivity contribution in [3.05, 3.63) is 65.5 Å². The van der Waals surface area contributed by atoms with E-state index in [1.807, 2.05) is 31.2 Å². The van der Waals surface area contributed by atoms with Crippen LogP contribution in [0.25, 0.3) is 0 Å². The first-order valence-electron chi connectivity index (χ1n) is 7.66. The van der Waals surface area contributed by atoms with E-state index in [0.29, 0.717) is 22.9 Å². The Hall–Kier alpha value is -2.80. The van der Waals surface area contributed by atoms with Gasteiger partial charge < -0.3 is 9.26 Å². The molecule has 25 heavy (non-hydrogen) atoms. The Labute approximate surface area is 146 Å². The Morgan fingerprint density at radius 1 is 1.00 bits per heavy atom. The van der Waals surface area contributed by atoms with Crippen LogP contribution in [0.15, 0.2) is 57.9 Å². The highest BCUT2D eigenvalue weighted by atomic mass is 32.2. The quantitative estimate of drug-likeness (QED) is 0.739. The van der Waals surface area contributed by atoms with Gasteiger partial charge in [0.05, 0.1) is 5.69 Å². The van der Waals surface area contributed by atoms with E-state index in [4.69, 9.17) is 9.26 Å². The third kappa shape index (κ3) is 3.66. The second-order valence-electron chi connectivity index (χ2n) is 5.67. The summed E-state index contributed by atoms with van der Waals surface area (Å²) in [7, 11) is -3.84. The smallest absolute Gasteiger partial charge is 0.267 e. The van der Waals surface area contributed by atoms with Crippen molar-refractivity contribution in [3.63, 3.8) is 0 Å². The van der Waals surface area contributed by atoms with Crippen molar-refractivity contribution in [2.75, 3.05) is 4.72 Å². The summed E-state index contributed by atoms with van der Waals surface area (Å²) in [6.07, 6.45) is 0. The number of sulfonamides is 1. The van der Waals surface area contributed by atoms with Crippen LogP contribution in [0.4, 0.5) is 5.69 Å². The third-order valence-corrected chi connectivity index (χ3v) is 5.23. The predicted octanol–water partition coefficient (Wildman–Crippen LogP) is 4.19. The zero-order chi connectivity index (χ0) is 18.0. The van der Waals surface area contributed by atoms with E-state index in [2.05, 4.69) is 9.88 Å². The molecule has 0 atom stereocenters. The minimum absolute atomic E-state index is 0.0395. The van der Waals surface area contributed by atoms with Crippen molar-refractivity contribution in [1.29, 1.82) is 0 Å². The Morgan fingerprint density at radius 3 is 2.32 bits per heavy atom. The Bertz CT molecular complexity index is 973. The lowest BCUT2D eigenvalue weighted by atomic mass is 10.2. The molecule has 1 heterocycles. The van der Waals surface area contributed by atoms with Crippen LogP contribution in [-0.2, 0) is 10.0 Å². The van der Waals surface area contributed by atoms with Crippen molar-refractivity contribution < 1.29 is 17.7 Å². The zero-order valence-electron chi connectivity index (χ0n) is 14.1. The number of aromatic nitrogens is 1. The van der Waals surface area contributed by atoms with Gasteiger partial charge in [-0.1, -0.05) is 35.0 Å². The summed E-state index contributed by atoms with van der Waals surface area (Å²) in [5, 5.41) is 3.70. The third-order valence-electron chi connectivity index (χ3n) is 3.62. The molecule has 1 N–H and O–H groups in total. The van der Waals surface area contributed by atoms with Crippen LogP contribution in [0.3, 0.4) is 0 Å². The van der Waals surface area contributed by atoms with Gasteiger partial charge in [-0.25, -0.2) is 8.42 Å². The van der Waals surface area contributed by atoms with E-state index < -0.39 is 10.0 Å². The molecule has 0 radical (unpaired) electrons. The maximum absolute atomic E-state index is 12.7. The molecule has 0 fully saturated rings. The topological polar surface area (TPSA) is 81.4 Å². The molecule has 0 amide bonds. The van der Waals surface area contributed by atoms with E-state index in [0.717, 1.165) is 5.56 Å². The first-order chi connectivity index (χ1) is 11.9. The van der Waals surface area contributed by atoms with Gasteiger partial charge in [0.25, 0.3) is 10.0 Å². The molecular formula is C18H18N2O4S. The Balaban J connectivity index is 1.92. The van der Waals surface area contributed by atoms with Crippen LogP contribution in [-0.4, -0.2) is 13.6 Å². The van der Waals surface area contributed by atoms with E-state index in [9.17, 15) is 8.42 Å². The number of hydrogen-bond acceptors (Lipinski definition) is 5. The van der Waals surface area contributed by atoms with Gasteiger partial charge in [-0.05, 0) is 45.0 Å². The molecule has 0 aliphatic carbocycles. The highest BCUT2D eigenvalue weighted by molar-refractivity contribution is 7.92. The molecule has 3 aromatic rings. The lowest BCUT2D eigenvalue weighted by Gasteiger charge is -2.13. The number of anilines is 1. The number of hydrogen-bond donors (Lipinski definition) is 1. The summed E-state index contributed by atoms with van der Waals surface area (Å²) in [6, 6.07) is 14.3. The zero-order valence-corrected chi connectivity index (χ0v) is 14.9. The highest BCUT2D eigenvalue weighted by Gasteiger charge is 2.25. The number of nitrogens with zero attached hydrogens (tertiary/aromatic N) is 1. The monoisotopic (exact) mass is 358 g/mol. The van der Waals surface area contributed by atoms with Crippen molar-refractivity contribution in [2.24, 2.45) is 0 Å². The van der Waals surface area contributed by atoms with Crippen molar-refractivity contribution in [3.8, 4) is 11.5 Å². The molecule has 0 aliphatic heterocycles. The van der Waals surface area contributed by atoms with Gasteiger partial charge in [-0.3, -0.25) is 4.72 Å². The number of benzene rings is 2. The van der Waals surface area contributed by atoms with Crippen LogP contribution in [0, 0.1) is 20.8 Å². The van der Waals surface area contributed by atoms with Gasteiger partial charge in [0.1, 0.15) is 11.4 Å². The van der Waals surface area contributed by atoms with Gasteiger partial charge in [0, 0.05) is 0 Å². The molecule has 130 valence electrons. The minimum Gasteiger partial charge on any atom is -0.455 e. The lowest BCUT2D eigenvalue weighted by molar-refractivity contribution is 0.390. The molecule has 1 aromatic heterocycles. The van der Waals surface area contributed by atoms with E-state index in [1.54, 1.807) is 38.1 Å². The number of aryl methyl sites for hydroxylation is 3. The van der Waals surface area contributed by atoms with Crippen LogP contribution >= 0.6 is 0 Å². The summed E-state index contributed by atoms with van der Waals surface area (Å²) in [5.74, 6) is 1.26. The van der Waals surface area contributed by atoms with Gasteiger partial charge in [-0.15, -0.1) is 0 Å². The van der Waals surface area contributed by atoms with Crippen LogP contribution in [0.5, 0.6) is 11.5 Å². The molecule has 0 spiro atoms. The molecule has 0 unspecified atom stereocenters. The number of nitrogens with one attached hydrogen (secondary N) is 1. The van der Waals surface area contributed by atoms with Gasteiger partial charge in [-0.2, -0.15) is 0 Å². The van der Waals surface area contributed by atoms with Gasteiger partial charge >= 0.3 is 0 Å². The fourth-order valence-electron chi connectivity index (χ4n) is 2.43. The fraction of sp³-hybridized carbons (Fsp3) is 0.167. The second-order valence-corrected chi connectivity index (χ2v) is 7.29. The number of rotatable bonds is 5. The lowest BCUT2D eigenvalue weighted by Crippen LogP contribution is -2.15. The molecular weight excluding hydrogens is 340 g/mol. The summed E-state index contributed by atoms with van der Waals surface area (Å²) < 4.78 is 38.7. The molecule has 6 nitrogen and oxygen atoms in total. The molecule has 0 aliphatic rings.